The van der Waals surface area contributed by atoms with Crippen molar-refractivity contribution in [1.29, 1.82) is 0 Å². The van der Waals surface area contributed by atoms with Crippen LogP contribution in [0.3, 0.4) is 0 Å². The molecule has 1 saturated carbocycles. The summed E-state index contributed by atoms with van der Waals surface area (Å²) in [6, 6.07) is 26.6. The van der Waals surface area contributed by atoms with Gasteiger partial charge in [-0.2, -0.15) is 0 Å². The number of rotatable bonds is 2. The second-order valence-electron chi connectivity index (χ2n) is 8.12. The van der Waals surface area contributed by atoms with Gasteiger partial charge in [-0.1, -0.05) is 48.5 Å². The molecule has 0 aliphatic heterocycles. The van der Waals surface area contributed by atoms with Crippen LogP contribution in [-0.2, 0) is 5.41 Å². The molecule has 0 radical (unpaired) electrons. The smallest absolute Gasteiger partial charge is 0.123 e. The molecule has 0 bridgehead atoms. The van der Waals surface area contributed by atoms with Crippen LogP contribution in [0, 0.1) is 11.6 Å². The molecule has 0 nitrogen and oxygen atoms in total. The fourth-order valence-electron chi connectivity index (χ4n) is 4.80. The fourth-order valence-corrected chi connectivity index (χ4v) is 4.80. The number of fused-ring (bicyclic) bond motifs is 5. The Bertz CT molecular complexity index is 1150. The van der Waals surface area contributed by atoms with Crippen LogP contribution < -0.4 is 0 Å². The van der Waals surface area contributed by atoms with Gasteiger partial charge >= 0.3 is 0 Å². The molecule has 6 rings (SSSR count). The van der Waals surface area contributed by atoms with Gasteiger partial charge in [0.15, 0.2) is 0 Å². The monoisotopic (exact) mass is 380 g/mol. The summed E-state index contributed by atoms with van der Waals surface area (Å²) < 4.78 is 26.6. The van der Waals surface area contributed by atoms with Gasteiger partial charge in [-0.15, -0.1) is 0 Å². The summed E-state index contributed by atoms with van der Waals surface area (Å²) in [4.78, 5) is 0. The number of hydrogen-bond donors (Lipinski definition) is 0. The van der Waals surface area contributed by atoms with E-state index in [4.69, 9.17) is 0 Å². The van der Waals surface area contributed by atoms with Crippen molar-refractivity contribution in [2.75, 3.05) is 0 Å². The van der Waals surface area contributed by atoms with Crippen molar-refractivity contribution < 1.29 is 8.78 Å². The summed E-state index contributed by atoms with van der Waals surface area (Å²) in [6.07, 6.45) is 2.29. The zero-order chi connectivity index (χ0) is 19.6. The predicted molar refractivity (Wildman–Crippen MR) is 113 cm³/mol. The zero-order valence-electron chi connectivity index (χ0n) is 15.8. The summed E-state index contributed by atoms with van der Waals surface area (Å²) in [7, 11) is 0. The van der Waals surface area contributed by atoms with Crippen molar-refractivity contribution in [3.8, 4) is 33.4 Å². The van der Waals surface area contributed by atoms with E-state index in [1.807, 2.05) is 24.3 Å². The Hall–Kier alpha value is -3.26. The highest BCUT2D eigenvalue weighted by Gasteiger charge is 2.52. The first-order valence-electron chi connectivity index (χ1n) is 9.95. The second-order valence-corrected chi connectivity index (χ2v) is 8.12. The second kappa shape index (κ2) is 5.87. The van der Waals surface area contributed by atoms with E-state index >= 15 is 0 Å². The molecule has 1 fully saturated rings. The maximum atomic E-state index is 13.3. The summed E-state index contributed by atoms with van der Waals surface area (Å²) in [5.74, 6) is -0.427. The Labute approximate surface area is 168 Å². The third-order valence-corrected chi connectivity index (χ3v) is 6.47. The highest BCUT2D eigenvalue weighted by Crippen LogP contribution is 2.63. The van der Waals surface area contributed by atoms with Crippen LogP contribution in [0.5, 0.6) is 0 Å². The minimum absolute atomic E-state index is 0.0940. The Kier molecular flexibility index (Phi) is 3.37. The summed E-state index contributed by atoms with van der Waals surface area (Å²) >= 11 is 0. The summed E-state index contributed by atoms with van der Waals surface area (Å²) in [5.41, 5.74) is 9.78. The molecule has 0 atom stereocenters. The molecule has 2 heteroatoms. The quantitative estimate of drug-likeness (QED) is 0.341. The van der Waals surface area contributed by atoms with Crippen molar-refractivity contribution in [3.63, 3.8) is 0 Å². The average Bonchev–Trinajstić information content (AvgIpc) is 3.51. The van der Waals surface area contributed by atoms with Gasteiger partial charge in [-0.3, -0.25) is 0 Å². The van der Waals surface area contributed by atoms with E-state index in [1.165, 1.54) is 46.5 Å². The molecule has 0 amide bonds. The molecule has 2 aliphatic rings. The first-order chi connectivity index (χ1) is 14.1. The molecule has 1 spiro atoms. The molecular weight excluding hydrogens is 362 g/mol. The first-order valence-corrected chi connectivity index (χ1v) is 9.95. The third-order valence-electron chi connectivity index (χ3n) is 6.47. The van der Waals surface area contributed by atoms with Crippen molar-refractivity contribution in [3.05, 3.63) is 108 Å². The normalized spacial score (nSPS) is 15.2. The van der Waals surface area contributed by atoms with Crippen molar-refractivity contribution in [1.82, 2.24) is 0 Å². The van der Waals surface area contributed by atoms with E-state index < -0.39 is 0 Å². The molecule has 0 unspecified atom stereocenters. The van der Waals surface area contributed by atoms with Gasteiger partial charge in [0.25, 0.3) is 0 Å². The summed E-state index contributed by atoms with van der Waals surface area (Å²) in [6.45, 7) is 0. The van der Waals surface area contributed by atoms with E-state index in [2.05, 4.69) is 36.4 Å². The molecule has 0 saturated heterocycles. The van der Waals surface area contributed by atoms with Crippen LogP contribution in [0.4, 0.5) is 8.78 Å². The third kappa shape index (κ3) is 2.49. The Morgan fingerprint density at radius 3 is 1.24 bits per heavy atom. The van der Waals surface area contributed by atoms with Crippen LogP contribution in [0.1, 0.15) is 24.0 Å². The Balaban J connectivity index is 1.46. The van der Waals surface area contributed by atoms with Gasteiger partial charge in [-0.05, 0) is 93.7 Å². The highest BCUT2D eigenvalue weighted by atomic mass is 19.1. The number of hydrogen-bond acceptors (Lipinski definition) is 0. The molecular formula is C27H18F2. The maximum Gasteiger partial charge on any atom is 0.123 e. The largest absolute Gasteiger partial charge is 0.207 e. The molecule has 29 heavy (non-hydrogen) atoms. The minimum Gasteiger partial charge on any atom is -0.207 e. The van der Waals surface area contributed by atoms with Crippen LogP contribution in [-0.4, -0.2) is 0 Å². The van der Waals surface area contributed by atoms with Gasteiger partial charge in [-0.25, -0.2) is 8.78 Å². The van der Waals surface area contributed by atoms with Crippen LogP contribution in [0.25, 0.3) is 33.4 Å². The predicted octanol–water partition coefficient (Wildman–Crippen LogP) is 7.36. The maximum absolute atomic E-state index is 13.3. The molecule has 140 valence electrons. The molecule has 0 aromatic heterocycles. The summed E-state index contributed by atoms with van der Waals surface area (Å²) in [5, 5.41) is 0. The van der Waals surface area contributed by atoms with E-state index in [-0.39, 0.29) is 17.0 Å². The lowest BCUT2D eigenvalue weighted by Crippen LogP contribution is -2.03. The van der Waals surface area contributed by atoms with Crippen LogP contribution >= 0.6 is 0 Å². The minimum atomic E-state index is -0.214. The highest BCUT2D eigenvalue weighted by molar-refractivity contribution is 5.87. The number of benzene rings is 4. The first kappa shape index (κ1) is 16.7. The molecule has 4 aromatic carbocycles. The van der Waals surface area contributed by atoms with E-state index in [0.29, 0.717) is 0 Å². The SMILES string of the molecule is Fc1ccc(-c2ccc3c(c2)C2(CC2)c2cc(-c4ccc(F)cc4)ccc2-3)cc1. The van der Waals surface area contributed by atoms with Gasteiger partial charge in [0.05, 0.1) is 0 Å². The molecule has 4 aromatic rings. The van der Waals surface area contributed by atoms with E-state index in [0.717, 1.165) is 35.1 Å². The number of halogens is 2. The molecule has 2 aliphatic carbocycles. The average molecular weight is 380 g/mol. The van der Waals surface area contributed by atoms with Crippen LogP contribution in [0.2, 0.25) is 0 Å². The van der Waals surface area contributed by atoms with E-state index in [1.54, 1.807) is 0 Å². The van der Waals surface area contributed by atoms with Crippen molar-refractivity contribution >= 4 is 0 Å². The van der Waals surface area contributed by atoms with E-state index in [9.17, 15) is 8.78 Å². The van der Waals surface area contributed by atoms with Crippen molar-refractivity contribution in [2.45, 2.75) is 18.3 Å². The topological polar surface area (TPSA) is 0 Å². The lowest BCUT2D eigenvalue weighted by Gasteiger charge is -2.13. The van der Waals surface area contributed by atoms with Gasteiger partial charge in [0.1, 0.15) is 11.6 Å². The fraction of sp³-hybridized carbons (Fsp3) is 0.111. The van der Waals surface area contributed by atoms with Gasteiger partial charge < -0.3 is 0 Å². The van der Waals surface area contributed by atoms with Gasteiger partial charge in [0.2, 0.25) is 0 Å². The van der Waals surface area contributed by atoms with Crippen LogP contribution in [0.15, 0.2) is 84.9 Å². The molecule has 0 N–H and O–H groups in total. The molecule has 0 heterocycles. The zero-order valence-corrected chi connectivity index (χ0v) is 15.8. The lowest BCUT2D eigenvalue weighted by molar-refractivity contribution is 0.627. The van der Waals surface area contributed by atoms with Crippen molar-refractivity contribution in [2.24, 2.45) is 0 Å². The van der Waals surface area contributed by atoms with Gasteiger partial charge in [0, 0.05) is 5.41 Å². The Morgan fingerprint density at radius 1 is 0.483 bits per heavy atom. The Morgan fingerprint density at radius 2 is 0.862 bits per heavy atom. The lowest BCUT2D eigenvalue weighted by atomic mass is 9.90. The standard InChI is InChI=1S/C27H18F2/c28-21-7-1-17(2-8-21)19-5-11-23-24-12-6-20(18-3-9-22(29)10-4-18)16-26(24)27(13-14-27)25(23)15-19/h1-12,15-16H,13-14H2.